The molecule has 0 heterocycles. The molecule has 0 spiro atoms. The first-order valence-corrected chi connectivity index (χ1v) is 10.6. The van der Waals surface area contributed by atoms with Crippen molar-refractivity contribution < 1.29 is 13.2 Å². The predicted octanol–water partition coefficient (Wildman–Crippen LogP) is 3.02. The smallest absolute Gasteiger partial charge is 0.315 e. The highest BCUT2D eigenvalue weighted by molar-refractivity contribution is 9.10. The van der Waals surface area contributed by atoms with Gasteiger partial charge >= 0.3 is 6.03 Å². The number of sulfone groups is 1. The third kappa shape index (κ3) is 5.80. The molecular formula is C16H23BrN2O3S. The lowest BCUT2D eigenvalue weighted by Crippen LogP contribution is -2.46. The Morgan fingerprint density at radius 1 is 1.26 bits per heavy atom. The fraction of sp³-hybridized carbons (Fsp3) is 0.562. The molecule has 1 aliphatic carbocycles. The zero-order valence-corrected chi connectivity index (χ0v) is 15.8. The maximum absolute atomic E-state index is 12.2. The number of urea groups is 1. The van der Waals surface area contributed by atoms with Crippen LogP contribution in [0.15, 0.2) is 28.7 Å². The van der Waals surface area contributed by atoms with Gasteiger partial charge in [0.05, 0.1) is 11.8 Å². The lowest BCUT2D eigenvalue weighted by Gasteiger charge is -2.35. The van der Waals surface area contributed by atoms with Gasteiger partial charge in [-0.1, -0.05) is 34.5 Å². The molecule has 0 bridgehead atoms. The van der Waals surface area contributed by atoms with Crippen molar-refractivity contribution in [3.8, 4) is 0 Å². The Bertz CT molecular complexity index is 642. The van der Waals surface area contributed by atoms with Crippen molar-refractivity contribution in [2.75, 3.05) is 12.0 Å². The standard InChI is InChI=1S/C16H23BrN2O3S/c1-11(10-23(2,21)22)18-16(20)19-15(12-4-3-5-12)13-6-8-14(17)9-7-13/h6-9,11-12,15H,3-5,10H2,1-2H3,(H2,18,19,20). The van der Waals surface area contributed by atoms with Crippen LogP contribution in [0.3, 0.4) is 0 Å². The number of hydrogen-bond donors (Lipinski definition) is 2. The first-order chi connectivity index (χ1) is 10.7. The number of rotatable bonds is 6. The molecule has 0 saturated heterocycles. The van der Waals surface area contributed by atoms with Gasteiger partial charge in [-0.3, -0.25) is 0 Å². The highest BCUT2D eigenvalue weighted by Crippen LogP contribution is 2.37. The van der Waals surface area contributed by atoms with Crippen LogP contribution in [0.1, 0.15) is 37.8 Å². The summed E-state index contributed by atoms with van der Waals surface area (Å²) >= 11 is 3.42. The molecule has 2 amide bonds. The molecule has 128 valence electrons. The van der Waals surface area contributed by atoms with E-state index in [4.69, 9.17) is 0 Å². The average Bonchev–Trinajstić information content (AvgIpc) is 2.34. The van der Waals surface area contributed by atoms with E-state index in [9.17, 15) is 13.2 Å². The molecule has 0 radical (unpaired) electrons. The number of halogens is 1. The molecule has 1 saturated carbocycles. The molecule has 1 aromatic carbocycles. The van der Waals surface area contributed by atoms with Gasteiger partial charge in [-0.05, 0) is 43.4 Å². The monoisotopic (exact) mass is 402 g/mol. The molecule has 2 N–H and O–H groups in total. The zero-order chi connectivity index (χ0) is 17.0. The van der Waals surface area contributed by atoms with Crippen LogP contribution in [0.25, 0.3) is 0 Å². The van der Waals surface area contributed by atoms with Crippen molar-refractivity contribution in [3.63, 3.8) is 0 Å². The summed E-state index contributed by atoms with van der Waals surface area (Å²) in [7, 11) is -3.11. The molecule has 2 unspecified atom stereocenters. The maximum Gasteiger partial charge on any atom is 0.315 e. The lowest BCUT2D eigenvalue weighted by atomic mass is 9.77. The molecule has 0 aromatic heterocycles. The fourth-order valence-corrected chi connectivity index (χ4v) is 4.08. The second kappa shape index (κ2) is 7.66. The van der Waals surface area contributed by atoms with E-state index in [1.54, 1.807) is 6.92 Å². The number of hydrogen-bond acceptors (Lipinski definition) is 3. The molecule has 0 aliphatic heterocycles. The Labute approximate surface area is 146 Å². The van der Waals surface area contributed by atoms with E-state index in [2.05, 4.69) is 26.6 Å². The Morgan fingerprint density at radius 2 is 1.87 bits per heavy atom. The number of nitrogens with one attached hydrogen (secondary N) is 2. The summed E-state index contributed by atoms with van der Waals surface area (Å²) in [5.74, 6) is 0.374. The quantitative estimate of drug-likeness (QED) is 0.767. The van der Waals surface area contributed by atoms with Gasteiger partial charge in [0.1, 0.15) is 9.84 Å². The van der Waals surface area contributed by atoms with E-state index < -0.39 is 15.9 Å². The highest BCUT2D eigenvalue weighted by Gasteiger charge is 2.30. The lowest BCUT2D eigenvalue weighted by molar-refractivity contribution is 0.206. The van der Waals surface area contributed by atoms with Crippen molar-refractivity contribution >= 4 is 31.8 Å². The van der Waals surface area contributed by atoms with Crippen LogP contribution in [-0.2, 0) is 9.84 Å². The summed E-state index contributed by atoms with van der Waals surface area (Å²) in [5, 5.41) is 5.72. The second-order valence-corrected chi connectivity index (χ2v) is 9.43. The Kier molecular flexibility index (Phi) is 6.08. The minimum Gasteiger partial charge on any atom is -0.335 e. The third-order valence-corrected chi connectivity index (χ3v) is 5.70. The molecule has 2 atom stereocenters. The summed E-state index contributed by atoms with van der Waals surface area (Å²) in [6.07, 6.45) is 4.55. The summed E-state index contributed by atoms with van der Waals surface area (Å²) in [4.78, 5) is 12.2. The van der Waals surface area contributed by atoms with Crippen LogP contribution in [0.5, 0.6) is 0 Å². The van der Waals surface area contributed by atoms with Gasteiger partial charge in [0.25, 0.3) is 0 Å². The number of carbonyl (C=O) groups is 1. The molecule has 5 nitrogen and oxygen atoms in total. The topological polar surface area (TPSA) is 75.3 Å². The summed E-state index contributed by atoms with van der Waals surface area (Å²) < 4.78 is 23.6. The van der Waals surface area contributed by atoms with Gasteiger partial charge in [-0.2, -0.15) is 0 Å². The normalized spacial score (nSPS) is 17.9. The van der Waals surface area contributed by atoms with Crippen LogP contribution >= 0.6 is 15.9 Å². The van der Waals surface area contributed by atoms with Gasteiger partial charge in [0, 0.05) is 16.8 Å². The van der Waals surface area contributed by atoms with Crippen molar-refractivity contribution in [3.05, 3.63) is 34.3 Å². The van der Waals surface area contributed by atoms with E-state index >= 15 is 0 Å². The van der Waals surface area contributed by atoms with E-state index in [0.29, 0.717) is 5.92 Å². The summed E-state index contributed by atoms with van der Waals surface area (Å²) in [5.41, 5.74) is 1.07. The van der Waals surface area contributed by atoms with Crippen LogP contribution < -0.4 is 10.6 Å². The third-order valence-electron chi connectivity index (χ3n) is 4.07. The van der Waals surface area contributed by atoms with E-state index in [1.165, 1.54) is 12.7 Å². The second-order valence-electron chi connectivity index (χ2n) is 6.33. The average molecular weight is 403 g/mol. The van der Waals surface area contributed by atoms with Crippen molar-refractivity contribution in [1.82, 2.24) is 10.6 Å². The van der Waals surface area contributed by atoms with Gasteiger partial charge in [0.15, 0.2) is 0 Å². The van der Waals surface area contributed by atoms with E-state index in [0.717, 1.165) is 22.9 Å². The first kappa shape index (κ1) is 18.3. The van der Waals surface area contributed by atoms with Crippen molar-refractivity contribution in [2.45, 2.75) is 38.3 Å². The highest BCUT2D eigenvalue weighted by atomic mass is 79.9. The first-order valence-electron chi connectivity index (χ1n) is 7.75. The number of benzene rings is 1. The zero-order valence-electron chi connectivity index (χ0n) is 13.4. The van der Waals surface area contributed by atoms with E-state index in [-0.39, 0.29) is 17.8 Å². The molecule has 7 heteroatoms. The predicted molar refractivity (Wildman–Crippen MR) is 95.1 cm³/mol. The molecule has 1 aromatic rings. The maximum atomic E-state index is 12.2. The van der Waals surface area contributed by atoms with Crippen LogP contribution in [0, 0.1) is 5.92 Å². The van der Waals surface area contributed by atoms with Gasteiger partial charge in [0.2, 0.25) is 0 Å². The SMILES string of the molecule is CC(CS(C)(=O)=O)NC(=O)NC(c1ccc(Br)cc1)C1CCC1. The molecule has 1 fully saturated rings. The summed E-state index contributed by atoms with van der Waals surface area (Å²) in [6.45, 7) is 1.69. The van der Waals surface area contributed by atoms with Gasteiger partial charge < -0.3 is 10.6 Å². The molecule has 23 heavy (non-hydrogen) atoms. The van der Waals surface area contributed by atoms with Crippen LogP contribution in [0.4, 0.5) is 4.79 Å². The number of carbonyl (C=O) groups excluding carboxylic acids is 1. The van der Waals surface area contributed by atoms with Crippen LogP contribution in [0.2, 0.25) is 0 Å². The van der Waals surface area contributed by atoms with Gasteiger partial charge in [-0.15, -0.1) is 0 Å². The minimum atomic E-state index is -3.11. The Balaban J connectivity index is 2.00. The molecule has 1 aliphatic rings. The van der Waals surface area contributed by atoms with E-state index in [1.807, 2.05) is 24.3 Å². The van der Waals surface area contributed by atoms with Crippen LogP contribution in [-0.4, -0.2) is 32.5 Å². The molecule has 2 rings (SSSR count). The Morgan fingerprint density at radius 3 is 2.35 bits per heavy atom. The fourth-order valence-electron chi connectivity index (χ4n) is 2.82. The summed E-state index contributed by atoms with van der Waals surface area (Å²) in [6, 6.07) is 7.17. The van der Waals surface area contributed by atoms with Gasteiger partial charge in [-0.25, -0.2) is 13.2 Å². The van der Waals surface area contributed by atoms with Crippen molar-refractivity contribution in [2.24, 2.45) is 5.92 Å². The number of amides is 2. The largest absolute Gasteiger partial charge is 0.335 e. The minimum absolute atomic E-state index is 0.0396. The van der Waals surface area contributed by atoms with Crippen molar-refractivity contribution in [1.29, 1.82) is 0 Å². The molecular weight excluding hydrogens is 380 g/mol. The Hall–Kier alpha value is -1.08.